The molecule has 120 valence electrons. The largest absolute Gasteiger partial charge is 0.479 e. The smallest absolute Gasteiger partial charge is 0.267 e. The Morgan fingerprint density at radius 3 is 2.21 bits per heavy atom. The summed E-state index contributed by atoms with van der Waals surface area (Å²) < 4.78 is 5.57. The first-order valence-corrected chi connectivity index (χ1v) is 7.55. The minimum absolute atomic E-state index is 0.179. The van der Waals surface area contributed by atoms with Crippen molar-refractivity contribution in [3.63, 3.8) is 0 Å². The van der Waals surface area contributed by atoms with Gasteiger partial charge in [0.25, 0.3) is 17.7 Å². The molecule has 0 spiro atoms. The number of nitrogens with zero attached hydrogens (tertiary/aromatic N) is 2. The Morgan fingerprint density at radius 2 is 1.58 bits per heavy atom. The lowest BCUT2D eigenvalue weighted by Crippen LogP contribution is -2.42. The molecule has 0 bridgehead atoms. The standard InChI is InChI=1S/C18H14N2O4/c1-10-16(21)19(2)14-9-11(7-8-15(14)24-10)20-17(22)12-5-3-4-6-13(12)18(20)23/h3-10H,1-2H3/t10-/m1/s1. The van der Waals surface area contributed by atoms with Gasteiger partial charge in [-0.2, -0.15) is 0 Å². The summed E-state index contributed by atoms with van der Waals surface area (Å²) in [5.41, 5.74) is 1.72. The fraction of sp³-hybridized carbons (Fsp3) is 0.167. The van der Waals surface area contributed by atoms with E-state index in [1.54, 1.807) is 56.4 Å². The van der Waals surface area contributed by atoms with Crippen molar-refractivity contribution >= 4 is 29.1 Å². The number of anilines is 2. The van der Waals surface area contributed by atoms with E-state index in [0.29, 0.717) is 28.3 Å². The molecule has 0 unspecified atom stereocenters. The summed E-state index contributed by atoms with van der Waals surface area (Å²) in [4.78, 5) is 39.8. The molecule has 0 saturated carbocycles. The van der Waals surface area contributed by atoms with Crippen LogP contribution in [0, 0.1) is 0 Å². The number of imide groups is 1. The predicted molar refractivity (Wildman–Crippen MR) is 87.5 cm³/mol. The predicted octanol–water partition coefficient (Wildman–Crippen LogP) is 2.23. The van der Waals surface area contributed by atoms with Crippen molar-refractivity contribution < 1.29 is 19.1 Å². The molecule has 0 aromatic heterocycles. The van der Waals surface area contributed by atoms with E-state index in [1.165, 1.54) is 4.90 Å². The summed E-state index contributed by atoms with van der Waals surface area (Å²) in [5, 5.41) is 0. The molecule has 3 amide bonds. The highest BCUT2D eigenvalue weighted by Crippen LogP contribution is 2.38. The molecule has 24 heavy (non-hydrogen) atoms. The van der Waals surface area contributed by atoms with Crippen LogP contribution in [-0.4, -0.2) is 30.9 Å². The number of hydrogen-bond acceptors (Lipinski definition) is 4. The Morgan fingerprint density at radius 1 is 0.958 bits per heavy atom. The van der Waals surface area contributed by atoms with Gasteiger partial charge in [0.05, 0.1) is 22.5 Å². The molecule has 2 aromatic rings. The van der Waals surface area contributed by atoms with Crippen LogP contribution in [-0.2, 0) is 4.79 Å². The maximum Gasteiger partial charge on any atom is 0.267 e. The van der Waals surface area contributed by atoms with Gasteiger partial charge < -0.3 is 9.64 Å². The number of carbonyl (C=O) groups excluding carboxylic acids is 3. The van der Waals surface area contributed by atoms with E-state index in [1.807, 2.05) is 0 Å². The van der Waals surface area contributed by atoms with Gasteiger partial charge in [0.15, 0.2) is 6.10 Å². The molecule has 1 atom stereocenters. The first-order valence-electron chi connectivity index (χ1n) is 7.55. The quantitative estimate of drug-likeness (QED) is 0.755. The SMILES string of the molecule is C[C@H]1Oc2ccc(N3C(=O)c4ccccc4C3=O)cc2N(C)C1=O. The number of rotatable bonds is 1. The van der Waals surface area contributed by atoms with Gasteiger partial charge in [-0.15, -0.1) is 0 Å². The first kappa shape index (κ1) is 14.4. The lowest BCUT2D eigenvalue weighted by atomic mass is 10.1. The van der Waals surface area contributed by atoms with Gasteiger partial charge in [-0.1, -0.05) is 12.1 Å². The average molecular weight is 322 g/mol. The second kappa shape index (κ2) is 4.92. The molecule has 6 heteroatoms. The van der Waals surface area contributed by atoms with Crippen LogP contribution in [0.1, 0.15) is 27.6 Å². The van der Waals surface area contributed by atoms with Crippen LogP contribution in [0.3, 0.4) is 0 Å². The Hall–Kier alpha value is -3.15. The monoisotopic (exact) mass is 322 g/mol. The van der Waals surface area contributed by atoms with Gasteiger partial charge in [-0.05, 0) is 37.3 Å². The second-order valence-corrected chi connectivity index (χ2v) is 5.80. The van der Waals surface area contributed by atoms with Gasteiger partial charge in [0.1, 0.15) is 5.75 Å². The third-order valence-corrected chi connectivity index (χ3v) is 4.34. The fourth-order valence-corrected chi connectivity index (χ4v) is 3.06. The normalized spacial score (nSPS) is 19.2. The average Bonchev–Trinajstić information content (AvgIpc) is 2.84. The van der Waals surface area contributed by atoms with Crippen LogP contribution in [0.25, 0.3) is 0 Å². The van der Waals surface area contributed by atoms with Crippen LogP contribution in [0.5, 0.6) is 5.75 Å². The molecule has 2 aliphatic heterocycles. The van der Waals surface area contributed by atoms with E-state index in [0.717, 1.165) is 4.90 Å². The van der Waals surface area contributed by atoms with E-state index in [4.69, 9.17) is 4.74 Å². The van der Waals surface area contributed by atoms with Gasteiger partial charge >= 0.3 is 0 Å². The van der Waals surface area contributed by atoms with Crippen molar-refractivity contribution in [3.05, 3.63) is 53.6 Å². The van der Waals surface area contributed by atoms with Crippen LogP contribution in [0.2, 0.25) is 0 Å². The van der Waals surface area contributed by atoms with Gasteiger partial charge in [0, 0.05) is 7.05 Å². The molecule has 0 saturated heterocycles. The number of benzene rings is 2. The molecule has 0 aliphatic carbocycles. The number of likely N-dealkylation sites (N-methyl/N-ethyl adjacent to an activating group) is 1. The molecule has 2 aromatic carbocycles. The number of carbonyl (C=O) groups is 3. The molecule has 2 heterocycles. The zero-order chi connectivity index (χ0) is 17.0. The second-order valence-electron chi connectivity index (χ2n) is 5.80. The summed E-state index contributed by atoms with van der Waals surface area (Å²) >= 11 is 0. The number of hydrogen-bond donors (Lipinski definition) is 0. The molecule has 0 fully saturated rings. The Balaban J connectivity index is 1.79. The van der Waals surface area contributed by atoms with E-state index in [2.05, 4.69) is 0 Å². The topological polar surface area (TPSA) is 66.9 Å². The van der Waals surface area contributed by atoms with E-state index >= 15 is 0 Å². The minimum Gasteiger partial charge on any atom is -0.479 e. The van der Waals surface area contributed by atoms with Crippen molar-refractivity contribution in [2.45, 2.75) is 13.0 Å². The Labute approximate surface area is 138 Å². The van der Waals surface area contributed by atoms with Crippen LogP contribution in [0.15, 0.2) is 42.5 Å². The van der Waals surface area contributed by atoms with E-state index < -0.39 is 6.10 Å². The fourth-order valence-electron chi connectivity index (χ4n) is 3.06. The van der Waals surface area contributed by atoms with Crippen LogP contribution >= 0.6 is 0 Å². The molecule has 0 radical (unpaired) electrons. The van der Waals surface area contributed by atoms with Crippen molar-refractivity contribution in [1.82, 2.24) is 0 Å². The molecule has 4 rings (SSSR count). The number of amides is 3. The zero-order valence-corrected chi connectivity index (χ0v) is 13.1. The lowest BCUT2D eigenvalue weighted by Gasteiger charge is -2.31. The van der Waals surface area contributed by atoms with E-state index in [9.17, 15) is 14.4 Å². The van der Waals surface area contributed by atoms with Crippen LogP contribution in [0.4, 0.5) is 11.4 Å². The summed E-state index contributed by atoms with van der Waals surface area (Å²) in [6.45, 7) is 1.68. The summed E-state index contributed by atoms with van der Waals surface area (Å²) in [6.07, 6.45) is -0.562. The van der Waals surface area contributed by atoms with Crippen LogP contribution < -0.4 is 14.5 Å². The molecular formula is C18H14N2O4. The maximum absolute atomic E-state index is 12.6. The molecule has 2 aliphatic rings. The first-order chi connectivity index (χ1) is 11.5. The Bertz CT molecular complexity index is 871. The van der Waals surface area contributed by atoms with Crippen molar-refractivity contribution in [2.24, 2.45) is 0 Å². The van der Waals surface area contributed by atoms with Gasteiger partial charge in [-0.3, -0.25) is 14.4 Å². The van der Waals surface area contributed by atoms with Crippen molar-refractivity contribution in [3.8, 4) is 5.75 Å². The highest BCUT2D eigenvalue weighted by molar-refractivity contribution is 6.34. The molecule has 0 N–H and O–H groups in total. The number of ether oxygens (including phenoxy) is 1. The molecular weight excluding hydrogens is 308 g/mol. The Kier molecular flexibility index (Phi) is 2.96. The highest BCUT2D eigenvalue weighted by Gasteiger charge is 2.37. The van der Waals surface area contributed by atoms with Gasteiger partial charge in [0.2, 0.25) is 0 Å². The van der Waals surface area contributed by atoms with Crippen molar-refractivity contribution in [1.29, 1.82) is 0 Å². The maximum atomic E-state index is 12.6. The summed E-state index contributed by atoms with van der Waals surface area (Å²) in [7, 11) is 1.65. The lowest BCUT2D eigenvalue weighted by molar-refractivity contribution is -0.125. The molecule has 6 nitrogen and oxygen atoms in total. The highest BCUT2D eigenvalue weighted by atomic mass is 16.5. The van der Waals surface area contributed by atoms with E-state index in [-0.39, 0.29) is 17.7 Å². The third kappa shape index (κ3) is 1.86. The number of fused-ring (bicyclic) bond motifs is 2. The summed E-state index contributed by atoms with van der Waals surface area (Å²) in [6, 6.07) is 11.7. The summed E-state index contributed by atoms with van der Waals surface area (Å²) in [5.74, 6) is -0.365. The third-order valence-electron chi connectivity index (χ3n) is 4.34. The zero-order valence-electron chi connectivity index (χ0n) is 13.1. The van der Waals surface area contributed by atoms with Crippen molar-refractivity contribution in [2.75, 3.05) is 16.8 Å². The van der Waals surface area contributed by atoms with Gasteiger partial charge in [-0.25, -0.2) is 4.90 Å². The minimum atomic E-state index is -0.562.